The summed E-state index contributed by atoms with van der Waals surface area (Å²) in [5, 5.41) is 16.1. The van der Waals surface area contributed by atoms with Crippen LogP contribution in [-0.4, -0.2) is 35.6 Å². The highest BCUT2D eigenvalue weighted by Gasteiger charge is 2.18. The normalized spacial score (nSPS) is 16.2. The molecule has 1 amide bonds. The third kappa shape index (κ3) is 4.23. The number of anilines is 1. The quantitative estimate of drug-likeness (QED) is 0.873. The van der Waals surface area contributed by atoms with Crippen LogP contribution >= 0.6 is 11.3 Å². The Morgan fingerprint density at radius 3 is 2.79 bits per heavy atom. The van der Waals surface area contributed by atoms with Crippen molar-refractivity contribution in [3.8, 4) is 0 Å². The SMILES string of the molecule is Cc1cscc1C(=O)Nc1cccc(CN2CCC(CO)CC2)c1. The molecule has 0 unspecified atom stereocenters. The van der Waals surface area contributed by atoms with E-state index in [9.17, 15) is 9.90 Å². The van der Waals surface area contributed by atoms with E-state index in [1.165, 1.54) is 5.56 Å². The van der Waals surface area contributed by atoms with Gasteiger partial charge in [-0.2, -0.15) is 11.3 Å². The van der Waals surface area contributed by atoms with E-state index in [-0.39, 0.29) is 5.91 Å². The maximum atomic E-state index is 12.3. The van der Waals surface area contributed by atoms with Crippen molar-refractivity contribution in [1.29, 1.82) is 0 Å². The third-order valence-corrected chi connectivity index (χ3v) is 5.52. The molecule has 0 radical (unpaired) electrons. The van der Waals surface area contributed by atoms with Crippen LogP contribution in [0.4, 0.5) is 5.69 Å². The van der Waals surface area contributed by atoms with Crippen molar-refractivity contribution >= 4 is 22.9 Å². The summed E-state index contributed by atoms with van der Waals surface area (Å²) in [4.78, 5) is 14.7. The summed E-state index contributed by atoms with van der Waals surface area (Å²) in [6, 6.07) is 8.08. The van der Waals surface area contributed by atoms with Gasteiger partial charge in [-0.1, -0.05) is 12.1 Å². The summed E-state index contributed by atoms with van der Waals surface area (Å²) < 4.78 is 0. The number of thiophene rings is 1. The average molecular weight is 344 g/mol. The Bertz CT molecular complexity index is 690. The summed E-state index contributed by atoms with van der Waals surface area (Å²) in [6.45, 7) is 5.19. The molecule has 2 N–H and O–H groups in total. The number of aliphatic hydroxyl groups excluding tert-OH is 1. The van der Waals surface area contributed by atoms with Crippen LogP contribution in [0.3, 0.4) is 0 Å². The molecule has 0 bridgehead atoms. The average Bonchev–Trinajstić information content (AvgIpc) is 3.02. The van der Waals surface area contributed by atoms with Gasteiger partial charge in [0.05, 0.1) is 5.56 Å². The number of likely N-dealkylation sites (tertiary alicyclic amines) is 1. The summed E-state index contributed by atoms with van der Waals surface area (Å²) in [7, 11) is 0. The lowest BCUT2D eigenvalue weighted by molar-refractivity contribution is 0.102. The molecule has 1 aromatic heterocycles. The summed E-state index contributed by atoms with van der Waals surface area (Å²) in [5.74, 6) is 0.412. The van der Waals surface area contributed by atoms with Crippen LogP contribution in [0.1, 0.15) is 34.3 Å². The standard InChI is InChI=1S/C19H24N2O2S/c1-14-12-24-13-18(14)19(23)20-17-4-2-3-16(9-17)10-21-7-5-15(11-22)6-8-21/h2-4,9,12-13,15,22H,5-8,10-11H2,1H3,(H,20,23). The number of hydrogen-bond acceptors (Lipinski definition) is 4. The summed E-state index contributed by atoms with van der Waals surface area (Å²) >= 11 is 1.55. The third-order valence-electron chi connectivity index (χ3n) is 4.66. The minimum atomic E-state index is -0.0466. The zero-order chi connectivity index (χ0) is 16.9. The van der Waals surface area contributed by atoms with Gasteiger partial charge >= 0.3 is 0 Å². The molecule has 1 aliphatic rings. The molecule has 0 saturated carbocycles. The molecule has 2 aromatic rings. The number of rotatable bonds is 5. The van der Waals surface area contributed by atoms with Crippen LogP contribution in [0.25, 0.3) is 0 Å². The van der Waals surface area contributed by atoms with Crippen LogP contribution in [0.15, 0.2) is 35.0 Å². The van der Waals surface area contributed by atoms with Crippen molar-refractivity contribution in [3.05, 3.63) is 51.7 Å². The second kappa shape index (κ2) is 7.92. The van der Waals surface area contributed by atoms with Crippen molar-refractivity contribution in [1.82, 2.24) is 4.90 Å². The van der Waals surface area contributed by atoms with Crippen LogP contribution < -0.4 is 5.32 Å². The Morgan fingerprint density at radius 2 is 2.12 bits per heavy atom. The van der Waals surface area contributed by atoms with E-state index in [1.54, 1.807) is 11.3 Å². The maximum Gasteiger partial charge on any atom is 0.256 e. The first-order valence-electron chi connectivity index (χ1n) is 8.42. The lowest BCUT2D eigenvalue weighted by atomic mass is 9.97. The highest BCUT2D eigenvalue weighted by Crippen LogP contribution is 2.21. The van der Waals surface area contributed by atoms with Gasteiger partial charge in [0.1, 0.15) is 0 Å². The van der Waals surface area contributed by atoms with E-state index in [2.05, 4.69) is 22.3 Å². The zero-order valence-electron chi connectivity index (χ0n) is 14.0. The lowest BCUT2D eigenvalue weighted by Crippen LogP contribution is -2.34. The fraction of sp³-hybridized carbons (Fsp3) is 0.421. The second-order valence-corrected chi connectivity index (χ2v) is 7.27. The minimum Gasteiger partial charge on any atom is -0.396 e. The van der Waals surface area contributed by atoms with Crippen LogP contribution in [0.2, 0.25) is 0 Å². The number of carbonyl (C=O) groups is 1. The van der Waals surface area contributed by atoms with Crippen LogP contribution in [0, 0.1) is 12.8 Å². The number of carbonyl (C=O) groups excluding carboxylic acids is 1. The zero-order valence-corrected chi connectivity index (χ0v) is 14.8. The van der Waals surface area contributed by atoms with Gasteiger partial charge in [0.2, 0.25) is 0 Å². The van der Waals surface area contributed by atoms with Gasteiger partial charge in [-0.3, -0.25) is 9.69 Å². The number of nitrogens with zero attached hydrogens (tertiary/aromatic N) is 1. The predicted octanol–water partition coefficient (Wildman–Crippen LogP) is 3.51. The molecule has 5 heteroatoms. The Balaban J connectivity index is 1.60. The van der Waals surface area contributed by atoms with E-state index in [1.807, 2.05) is 29.8 Å². The molecule has 4 nitrogen and oxygen atoms in total. The van der Waals surface area contributed by atoms with Gasteiger partial charge in [0, 0.05) is 24.2 Å². The molecule has 1 saturated heterocycles. The second-order valence-electron chi connectivity index (χ2n) is 6.53. The van der Waals surface area contributed by atoms with Crippen molar-refractivity contribution in [2.24, 2.45) is 5.92 Å². The van der Waals surface area contributed by atoms with Gasteiger partial charge in [0.25, 0.3) is 5.91 Å². The molecule has 128 valence electrons. The number of amides is 1. The highest BCUT2D eigenvalue weighted by molar-refractivity contribution is 7.08. The largest absolute Gasteiger partial charge is 0.396 e. The van der Waals surface area contributed by atoms with Crippen LogP contribution in [0.5, 0.6) is 0 Å². The Morgan fingerprint density at radius 1 is 1.33 bits per heavy atom. The first-order valence-corrected chi connectivity index (χ1v) is 9.36. The monoisotopic (exact) mass is 344 g/mol. The van der Waals surface area contributed by atoms with Gasteiger partial charge < -0.3 is 10.4 Å². The molecule has 1 fully saturated rings. The molecule has 1 aromatic carbocycles. The number of piperidine rings is 1. The summed E-state index contributed by atoms with van der Waals surface area (Å²) in [5.41, 5.74) is 3.81. The van der Waals surface area contributed by atoms with E-state index in [4.69, 9.17) is 0 Å². The minimum absolute atomic E-state index is 0.0466. The highest BCUT2D eigenvalue weighted by atomic mass is 32.1. The topological polar surface area (TPSA) is 52.6 Å². The predicted molar refractivity (Wildman–Crippen MR) is 98.5 cm³/mol. The molecule has 0 aliphatic carbocycles. The number of benzene rings is 1. The van der Waals surface area contributed by atoms with Crippen molar-refractivity contribution in [2.75, 3.05) is 25.0 Å². The Kier molecular flexibility index (Phi) is 5.66. The number of hydrogen-bond donors (Lipinski definition) is 2. The fourth-order valence-electron chi connectivity index (χ4n) is 3.12. The molecular formula is C19H24N2O2S. The van der Waals surface area contributed by atoms with E-state index in [0.29, 0.717) is 12.5 Å². The van der Waals surface area contributed by atoms with Gasteiger partial charge in [0.15, 0.2) is 0 Å². The van der Waals surface area contributed by atoms with E-state index < -0.39 is 0 Å². The molecule has 0 spiro atoms. The van der Waals surface area contributed by atoms with Gasteiger partial charge in [-0.15, -0.1) is 0 Å². The molecule has 3 rings (SSSR count). The van der Waals surface area contributed by atoms with Gasteiger partial charge in [-0.05, 0) is 67.4 Å². The number of aryl methyl sites for hydroxylation is 1. The van der Waals surface area contributed by atoms with Crippen molar-refractivity contribution in [2.45, 2.75) is 26.3 Å². The van der Waals surface area contributed by atoms with Crippen molar-refractivity contribution in [3.63, 3.8) is 0 Å². The van der Waals surface area contributed by atoms with E-state index in [0.717, 1.165) is 49.3 Å². The lowest BCUT2D eigenvalue weighted by Gasteiger charge is -2.31. The maximum absolute atomic E-state index is 12.3. The van der Waals surface area contributed by atoms with Gasteiger partial charge in [-0.25, -0.2) is 0 Å². The summed E-state index contributed by atoms with van der Waals surface area (Å²) in [6.07, 6.45) is 2.12. The molecule has 24 heavy (non-hydrogen) atoms. The molecular weight excluding hydrogens is 320 g/mol. The van der Waals surface area contributed by atoms with E-state index >= 15 is 0 Å². The number of aliphatic hydroxyl groups is 1. The van der Waals surface area contributed by atoms with Crippen molar-refractivity contribution < 1.29 is 9.90 Å². The van der Waals surface area contributed by atoms with Crippen LogP contribution in [-0.2, 0) is 6.54 Å². The smallest absolute Gasteiger partial charge is 0.256 e. The first kappa shape index (κ1) is 17.1. The Hall–Kier alpha value is -1.69. The molecule has 2 heterocycles. The molecule has 0 atom stereocenters. The Labute approximate surface area is 147 Å². The molecule has 1 aliphatic heterocycles. The fourth-order valence-corrected chi connectivity index (χ4v) is 3.95. The first-order chi connectivity index (χ1) is 11.7. The number of nitrogens with one attached hydrogen (secondary N) is 1.